The fourth-order valence-corrected chi connectivity index (χ4v) is 2.09. The van der Waals surface area contributed by atoms with Gasteiger partial charge in [0.1, 0.15) is 12.4 Å². The summed E-state index contributed by atoms with van der Waals surface area (Å²) >= 11 is 0. The SMILES string of the molecule is CCc1cccc(OCc2nc(N)nc(C)c2C(N)=O)c1. The third kappa shape index (κ3) is 3.47. The second kappa shape index (κ2) is 6.21. The smallest absolute Gasteiger partial charge is 0.252 e. The number of hydrogen-bond acceptors (Lipinski definition) is 5. The van der Waals surface area contributed by atoms with Gasteiger partial charge in [0, 0.05) is 0 Å². The van der Waals surface area contributed by atoms with E-state index in [9.17, 15) is 4.79 Å². The number of nitrogens with two attached hydrogens (primary N) is 2. The maximum absolute atomic E-state index is 11.5. The van der Waals surface area contributed by atoms with Crippen LogP contribution in [0, 0.1) is 6.92 Å². The van der Waals surface area contributed by atoms with Crippen LogP contribution in [0.1, 0.15) is 34.2 Å². The lowest BCUT2D eigenvalue weighted by atomic mass is 10.1. The summed E-state index contributed by atoms with van der Waals surface area (Å²) in [5.74, 6) is 0.214. The first-order chi connectivity index (χ1) is 10.0. The molecule has 0 radical (unpaired) electrons. The molecule has 0 aliphatic heterocycles. The number of primary amides is 1. The predicted octanol–water partition coefficient (Wildman–Crippen LogP) is 1.61. The zero-order valence-corrected chi connectivity index (χ0v) is 12.1. The summed E-state index contributed by atoms with van der Waals surface area (Å²) in [6.07, 6.45) is 0.920. The average Bonchev–Trinajstić information content (AvgIpc) is 2.44. The summed E-state index contributed by atoms with van der Waals surface area (Å²) in [6.45, 7) is 3.84. The highest BCUT2D eigenvalue weighted by molar-refractivity contribution is 5.95. The van der Waals surface area contributed by atoms with Crippen LogP contribution in [0.15, 0.2) is 24.3 Å². The van der Waals surface area contributed by atoms with Crippen molar-refractivity contribution in [2.24, 2.45) is 5.73 Å². The molecule has 0 fully saturated rings. The number of aryl methyl sites for hydroxylation is 2. The van der Waals surface area contributed by atoms with Crippen molar-refractivity contribution < 1.29 is 9.53 Å². The van der Waals surface area contributed by atoms with Gasteiger partial charge in [-0.1, -0.05) is 19.1 Å². The number of rotatable bonds is 5. The molecule has 21 heavy (non-hydrogen) atoms. The van der Waals surface area contributed by atoms with Gasteiger partial charge in [-0.3, -0.25) is 4.79 Å². The van der Waals surface area contributed by atoms with Crippen LogP contribution < -0.4 is 16.2 Å². The molecule has 4 N–H and O–H groups in total. The van der Waals surface area contributed by atoms with Crippen molar-refractivity contribution in [1.29, 1.82) is 0 Å². The lowest BCUT2D eigenvalue weighted by Gasteiger charge is -2.11. The van der Waals surface area contributed by atoms with E-state index in [1.165, 1.54) is 5.56 Å². The van der Waals surface area contributed by atoms with Crippen LogP contribution in [-0.2, 0) is 13.0 Å². The van der Waals surface area contributed by atoms with E-state index >= 15 is 0 Å². The Bertz CT molecular complexity index is 671. The molecule has 0 saturated heterocycles. The summed E-state index contributed by atoms with van der Waals surface area (Å²) in [5.41, 5.74) is 13.3. The molecule has 0 aliphatic rings. The van der Waals surface area contributed by atoms with E-state index < -0.39 is 5.91 Å². The molecule has 1 aromatic heterocycles. The third-order valence-corrected chi connectivity index (χ3v) is 3.11. The lowest BCUT2D eigenvalue weighted by Crippen LogP contribution is -2.20. The molecule has 110 valence electrons. The third-order valence-electron chi connectivity index (χ3n) is 3.11. The van der Waals surface area contributed by atoms with Gasteiger partial charge in [-0.25, -0.2) is 9.97 Å². The quantitative estimate of drug-likeness (QED) is 0.868. The molecule has 0 spiro atoms. The monoisotopic (exact) mass is 286 g/mol. The molecular formula is C15H18N4O2. The summed E-state index contributed by atoms with van der Waals surface area (Å²) in [4.78, 5) is 19.5. The zero-order valence-electron chi connectivity index (χ0n) is 12.1. The van der Waals surface area contributed by atoms with Gasteiger partial charge in [-0.15, -0.1) is 0 Å². The highest BCUT2D eigenvalue weighted by atomic mass is 16.5. The number of nitrogen functional groups attached to an aromatic ring is 1. The van der Waals surface area contributed by atoms with E-state index in [1.54, 1.807) is 6.92 Å². The molecule has 2 aromatic rings. The maximum atomic E-state index is 11.5. The molecule has 1 aromatic carbocycles. The molecule has 1 amide bonds. The standard InChI is InChI=1S/C15H18N4O2/c1-3-10-5-4-6-11(7-10)21-8-12-13(14(16)20)9(2)18-15(17)19-12/h4-7H,3,8H2,1-2H3,(H2,16,20)(H2,17,18,19). The number of anilines is 1. The molecule has 0 unspecified atom stereocenters. The summed E-state index contributed by atoms with van der Waals surface area (Å²) in [5, 5.41) is 0. The Morgan fingerprint density at radius 2 is 2.10 bits per heavy atom. The molecule has 0 bridgehead atoms. The van der Waals surface area contributed by atoms with Crippen molar-refractivity contribution in [2.75, 3.05) is 5.73 Å². The highest BCUT2D eigenvalue weighted by Gasteiger charge is 2.16. The second-order valence-corrected chi connectivity index (χ2v) is 4.64. The summed E-state index contributed by atoms with van der Waals surface area (Å²) in [7, 11) is 0. The van der Waals surface area contributed by atoms with E-state index in [4.69, 9.17) is 16.2 Å². The van der Waals surface area contributed by atoms with Gasteiger partial charge in [-0.05, 0) is 31.0 Å². The van der Waals surface area contributed by atoms with Gasteiger partial charge in [0.05, 0.1) is 17.0 Å². The van der Waals surface area contributed by atoms with Crippen LogP contribution in [0.2, 0.25) is 0 Å². The molecule has 6 heteroatoms. The normalized spacial score (nSPS) is 10.4. The fourth-order valence-electron chi connectivity index (χ4n) is 2.09. The summed E-state index contributed by atoms with van der Waals surface area (Å²) < 4.78 is 5.68. The van der Waals surface area contributed by atoms with E-state index in [0.29, 0.717) is 17.1 Å². The van der Waals surface area contributed by atoms with Crippen molar-refractivity contribution in [3.8, 4) is 5.75 Å². The molecule has 0 aliphatic carbocycles. The Hall–Kier alpha value is -2.63. The molecular weight excluding hydrogens is 268 g/mol. The number of ether oxygens (including phenoxy) is 1. The minimum Gasteiger partial charge on any atom is -0.487 e. The van der Waals surface area contributed by atoms with E-state index in [1.807, 2.05) is 24.3 Å². The Labute approximate surface area is 123 Å². The Morgan fingerprint density at radius 3 is 2.76 bits per heavy atom. The van der Waals surface area contributed by atoms with Crippen LogP contribution in [0.25, 0.3) is 0 Å². The first kappa shape index (κ1) is 14.8. The van der Waals surface area contributed by atoms with Gasteiger partial charge in [-0.2, -0.15) is 0 Å². The second-order valence-electron chi connectivity index (χ2n) is 4.64. The first-order valence-corrected chi connectivity index (χ1v) is 6.65. The van der Waals surface area contributed by atoms with E-state index in [0.717, 1.165) is 6.42 Å². The number of amides is 1. The molecule has 0 atom stereocenters. The van der Waals surface area contributed by atoms with Crippen LogP contribution in [0.3, 0.4) is 0 Å². The van der Waals surface area contributed by atoms with Crippen LogP contribution in [-0.4, -0.2) is 15.9 Å². The van der Waals surface area contributed by atoms with E-state index in [2.05, 4.69) is 16.9 Å². The largest absolute Gasteiger partial charge is 0.487 e. The predicted molar refractivity (Wildman–Crippen MR) is 79.9 cm³/mol. The van der Waals surface area contributed by atoms with Crippen molar-refractivity contribution in [3.05, 3.63) is 46.8 Å². The minimum absolute atomic E-state index is 0.0957. The van der Waals surface area contributed by atoms with Crippen molar-refractivity contribution >= 4 is 11.9 Å². The molecule has 2 rings (SSSR count). The van der Waals surface area contributed by atoms with Crippen molar-refractivity contribution in [1.82, 2.24) is 9.97 Å². The highest BCUT2D eigenvalue weighted by Crippen LogP contribution is 2.17. The number of aromatic nitrogens is 2. The summed E-state index contributed by atoms with van der Waals surface area (Å²) in [6, 6.07) is 7.74. The van der Waals surface area contributed by atoms with Crippen LogP contribution in [0.4, 0.5) is 5.95 Å². The minimum atomic E-state index is -0.589. The topological polar surface area (TPSA) is 104 Å². The maximum Gasteiger partial charge on any atom is 0.252 e. The van der Waals surface area contributed by atoms with Crippen LogP contribution in [0.5, 0.6) is 5.75 Å². The van der Waals surface area contributed by atoms with Gasteiger partial charge in [0.2, 0.25) is 5.95 Å². The number of carbonyl (C=O) groups is 1. The number of carbonyl (C=O) groups excluding carboxylic acids is 1. The Kier molecular flexibility index (Phi) is 4.37. The van der Waals surface area contributed by atoms with Crippen LogP contribution >= 0.6 is 0 Å². The van der Waals surface area contributed by atoms with Gasteiger partial charge in [0.25, 0.3) is 5.91 Å². The van der Waals surface area contributed by atoms with E-state index in [-0.39, 0.29) is 18.1 Å². The lowest BCUT2D eigenvalue weighted by molar-refractivity contribution is 0.0996. The Balaban J connectivity index is 2.25. The van der Waals surface area contributed by atoms with Crippen molar-refractivity contribution in [3.63, 3.8) is 0 Å². The van der Waals surface area contributed by atoms with Gasteiger partial charge in [0.15, 0.2) is 0 Å². The number of benzene rings is 1. The number of hydrogen-bond donors (Lipinski definition) is 2. The fraction of sp³-hybridized carbons (Fsp3) is 0.267. The van der Waals surface area contributed by atoms with Gasteiger partial charge >= 0.3 is 0 Å². The van der Waals surface area contributed by atoms with Gasteiger partial charge < -0.3 is 16.2 Å². The number of nitrogens with zero attached hydrogens (tertiary/aromatic N) is 2. The zero-order chi connectivity index (χ0) is 15.4. The molecule has 6 nitrogen and oxygen atoms in total. The molecule has 1 heterocycles. The average molecular weight is 286 g/mol. The Morgan fingerprint density at radius 1 is 1.33 bits per heavy atom. The van der Waals surface area contributed by atoms with Crippen molar-refractivity contribution in [2.45, 2.75) is 26.9 Å². The first-order valence-electron chi connectivity index (χ1n) is 6.65. The molecule has 0 saturated carbocycles.